The first kappa shape index (κ1) is 19.6. The molecule has 2 aliphatic rings. The molecule has 0 atom stereocenters. The second kappa shape index (κ2) is 7.47. The maximum Gasteiger partial charge on any atom is 0.222 e. The molecule has 3 heterocycles. The van der Waals surface area contributed by atoms with E-state index in [-0.39, 0.29) is 17.4 Å². The number of pyridine rings is 1. The smallest absolute Gasteiger partial charge is 0.222 e. The second-order valence-electron chi connectivity index (χ2n) is 8.37. The number of carbonyl (C=O) groups excluding carboxylic acids is 1. The number of hydrogen-bond acceptors (Lipinski definition) is 5. The van der Waals surface area contributed by atoms with E-state index < -0.39 is 0 Å². The Bertz CT molecular complexity index is 771. The fourth-order valence-corrected chi connectivity index (χ4v) is 3.99. The summed E-state index contributed by atoms with van der Waals surface area (Å²) in [6.07, 6.45) is 1.25. The minimum Gasteiger partial charge on any atom is -0.370 e. The summed E-state index contributed by atoms with van der Waals surface area (Å²) in [6, 6.07) is 2.43. The number of nitrogens with zero attached hydrogens (tertiary/aromatic N) is 4. The predicted octanol–water partition coefficient (Wildman–Crippen LogP) is 2.99. The molecule has 3 rings (SSSR count). The van der Waals surface area contributed by atoms with E-state index in [9.17, 15) is 10.1 Å². The van der Waals surface area contributed by atoms with Crippen LogP contribution in [0.4, 0.5) is 5.82 Å². The second-order valence-corrected chi connectivity index (χ2v) is 8.37. The van der Waals surface area contributed by atoms with E-state index >= 15 is 0 Å². The highest BCUT2D eigenvalue weighted by Gasteiger charge is 2.34. The molecule has 1 amide bonds. The van der Waals surface area contributed by atoms with Crippen molar-refractivity contribution >= 4 is 11.7 Å². The van der Waals surface area contributed by atoms with E-state index in [1.54, 1.807) is 0 Å². The van der Waals surface area contributed by atoms with Crippen LogP contribution in [0.25, 0.3) is 0 Å². The fourth-order valence-electron chi connectivity index (χ4n) is 3.99. The number of hydrogen-bond donors (Lipinski definition) is 0. The van der Waals surface area contributed by atoms with E-state index in [1.807, 2.05) is 11.8 Å². The Morgan fingerprint density at radius 1 is 1.26 bits per heavy atom. The number of carbonyl (C=O) groups is 1. The Morgan fingerprint density at radius 2 is 1.93 bits per heavy atom. The first-order valence-electron chi connectivity index (χ1n) is 9.89. The van der Waals surface area contributed by atoms with Crippen LogP contribution in [-0.4, -0.2) is 47.6 Å². The van der Waals surface area contributed by atoms with Gasteiger partial charge in [-0.05, 0) is 25.3 Å². The highest BCUT2D eigenvalue weighted by atomic mass is 16.5. The van der Waals surface area contributed by atoms with E-state index in [1.165, 1.54) is 0 Å². The van der Waals surface area contributed by atoms with Crippen molar-refractivity contribution in [2.24, 2.45) is 0 Å². The van der Waals surface area contributed by atoms with Crippen molar-refractivity contribution in [2.75, 3.05) is 31.1 Å². The predicted molar refractivity (Wildman–Crippen MR) is 105 cm³/mol. The highest BCUT2D eigenvalue weighted by molar-refractivity contribution is 5.76. The lowest BCUT2D eigenvalue weighted by Crippen LogP contribution is -2.49. The molecular weight excluding hydrogens is 340 g/mol. The molecule has 1 aromatic heterocycles. The Labute approximate surface area is 162 Å². The van der Waals surface area contributed by atoms with Gasteiger partial charge in [0.2, 0.25) is 5.91 Å². The molecular formula is C21H30N4O2. The minimum atomic E-state index is -0.280. The number of piperazine rings is 1. The lowest BCUT2D eigenvalue weighted by Gasteiger charge is -2.38. The van der Waals surface area contributed by atoms with Crippen LogP contribution >= 0.6 is 0 Å². The summed E-state index contributed by atoms with van der Waals surface area (Å²) in [5.41, 5.74) is 3.61. The van der Waals surface area contributed by atoms with Crippen LogP contribution in [0.3, 0.4) is 0 Å². The van der Waals surface area contributed by atoms with Crippen LogP contribution in [0, 0.1) is 11.3 Å². The number of fused-ring (bicyclic) bond motifs is 1. The van der Waals surface area contributed by atoms with Crippen molar-refractivity contribution in [3.8, 4) is 6.07 Å². The van der Waals surface area contributed by atoms with E-state index in [0.717, 1.165) is 29.1 Å². The number of amides is 1. The monoisotopic (exact) mass is 370 g/mol. The number of aromatic nitrogens is 1. The van der Waals surface area contributed by atoms with Crippen molar-refractivity contribution in [3.05, 3.63) is 22.4 Å². The molecule has 0 spiro atoms. The summed E-state index contributed by atoms with van der Waals surface area (Å²) in [5, 5.41) is 9.96. The van der Waals surface area contributed by atoms with Gasteiger partial charge in [0.25, 0.3) is 0 Å². The fraction of sp³-hybridized carbons (Fsp3) is 0.667. The lowest BCUT2D eigenvalue weighted by atomic mass is 9.86. The zero-order valence-electron chi connectivity index (χ0n) is 17.1. The summed E-state index contributed by atoms with van der Waals surface area (Å²) in [7, 11) is 0. The maximum atomic E-state index is 12.0. The van der Waals surface area contributed by atoms with Crippen LogP contribution in [0.1, 0.15) is 69.3 Å². The standard InChI is InChI=1S/C21H30N4O2/c1-6-18(26)24-7-9-25(10-8-24)20-16(12-22)15-11-21(4,5)27-13-17(15)19(23-20)14(2)3/h14H,6-11,13H2,1-5H3. The molecule has 0 saturated carbocycles. The third-order valence-corrected chi connectivity index (χ3v) is 5.53. The van der Waals surface area contributed by atoms with Gasteiger partial charge in [0, 0.05) is 44.6 Å². The van der Waals surface area contributed by atoms with Gasteiger partial charge in [-0.25, -0.2) is 4.98 Å². The van der Waals surface area contributed by atoms with Crippen LogP contribution in [0.2, 0.25) is 0 Å². The van der Waals surface area contributed by atoms with Crippen molar-refractivity contribution in [2.45, 2.75) is 65.6 Å². The van der Waals surface area contributed by atoms with E-state index in [2.05, 4.69) is 38.7 Å². The molecule has 0 aliphatic carbocycles. The van der Waals surface area contributed by atoms with Crippen LogP contribution in [0.15, 0.2) is 0 Å². The van der Waals surface area contributed by atoms with E-state index in [0.29, 0.717) is 44.8 Å². The molecule has 27 heavy (non-hydrogen) atoms. The van der Waals surface area contributed by atoms with Gasteiger partial charge in [0.15, 0.2) is 0 Å². The molecule has 0 radical (unpaired) electrons. The van der Waals surface area contributed by atoms with Gasteiger partial charge < -0.3 is 14.5 Å². The number of ether oxygens (including phenoxy) is 1. The average Bonchev–Trinajstić information content (AvgIpc) is 2.65. The number of rotatable bonds is 3. The third-order valence-electron chi connectivity index (χ3n) is 5.53. The Morgan fingerprint density at radius 3 is 2.48 bits per heavy atom. The first-order valence-corrected chi connectivity index (χ1v) is 9.89. The van der Waals surface area contributed by atoms with Gasteiger partial charge in [-0.1, -0.05) is 20.8 Å². The Balaban J connectivity index is 2.00. The maximum absolute atomic E-state index is 12.0. The van der Waals surface area contributed by atoms with Crippen molar-refractivity contribution in [3.63, 3.8) is 0 Å². The largest absolute Gasteiger partial charge is 0.370 e. The average molecular weight is 370 g/mol. The molecule has 0 bridgehead atoms. The molecule has 6 nitrogen and oxygen atoms in total. The summed E-state index contributed by atoms with van der Waals surface area (Å²) in [5.74, 6) is 1.23. The Kier molecular flexibility index (Phi) is 5.43. The lowest BCUT2D eigenvalue weighted by molar-refractivity contribution is -0.131. The molecule has 1 fully saturated rings. The number of nitriles is 1. The van der Waals surface area contributed by atoms with Crippen LogP contribution in [0.5, 0.6) is 0 Å². The molecule has 1 saturated heterocycles. The third kappa shape index (κ3) is 3.79. The van der Waals surface area contributed by atoms with Gasteiger partial charge in [-0.2, -0.15) is 5.26 Å². The van der Waals surface area contributed by atoms with Crippen LogP contribution < -0.4 is 4.90 Å². The van der Waals surface area contributed by atoms with Gasteiger partial charge in [-0.15, -0.1) is 0 Å². The van der Waals surface area contributed by atoms with Crippen molar-refractivity contribution < 1.29 is 9.53 Å². The van der Waals surface area contributed by atoms with E-state index in [4.69, 9.17) is 9.72 Å². The molecule has 6 heteroatoms. The van der Waals surface area contributed by atoms with Crippen LogP contribution in [-0.2, 0) is 22.6 Å². The molecule has 0 N–H and O–H groups in total. The summed E-state index contributed by atoms with van der Waals surface area (Å²) in [6.45, 7) is 13.6. The highest BCUT2D eigenvalue weighted by Crippen LogP contribution is 2.37. The SMILES string of the molecule is CCC(=O)N1CCN(c2nc(C(C)C)c3c(c2C#N)CC(C)(C)OC3)CC1. The topological polar surface area (TPSA) is 69.5 Å². The first-order chi connectivity index (χ1) is 12.8. The summed E-state index contributed by atoms with van der Waals surface area (Å²) < 4.78 is 6.01. The molecule has 1 aromatic rings. The van der Waals surface area contributed by atoms with Gasteiger partial charge in [0.05, 0.1) is 23.5 Å². The number of anilines is 1. The van der Waals surface area contributed by atoms with Crippen molar-refractivity contribution in [1.29, 1.82) is 5.26 Å². The molecule has 2 aliphatic heterocycles. The van der Waals surface area contributed by atoms with Crippen molar-refractivity contribution in [1.82, 2.24) is 9.88 Å². The minimum absolute atomic E-state index is 0.190. The van der Waals surface area contributed by atoms with Gasteiger partial charge in [-0.3, -0.25) is 4.79 Å². The zero-order chi connectivity index (χ0) is 19.8. The summed E-state index contributed by atoms with van der Waals surface area (Å²) in [4.78, 5) is 21.0. The Hall–Kier alpha value is -2.13. The summed E-state index contributed by atoms with van der Waals surface area (Å²) >= 11 is 0. The normalized spacial score (nSPS) is 19.0. The molecule has 0 aromatic carbocycles. The molecule has 0 unspecified atom stereocenters. The van der Waals surface area contributed by atoms with Gasteiger partial charge >= 0.3 is 0 Å². The zero-order valence-corrected chi connectivity index (χ0v) is 17.1. The van der Waals surface area contributed by atoms with Gasteiger partial charge in [0.1, 0.15) is 11.9 Å². The molecule has 146 valence electrons. The quantitative estimate of drug-likeness (QED) is 0.818.